The number of carbonyl (C=O) groups is 1. The van der Waals surface area contributed by atoms with Gasteiger partial charge in [0.05, 0.1) is 6.10 Å². The SMILES string of the molecule is CCC(=O)N[C@H]1C(C)(C)[C@@H]2C[C@@H]3[C@@H](c4cccc(O)c4)OCCC31C2. The number of hydrogen-bond donors (Lipinski definition) is 2. The van der Waals surface area contributed by atoms with Crippen LogP contribution in [0.5, 0.6) is 5.75 Å². The second-order valence-corrected chi connectivity index (χ2v) is 8.79. The van der Waals surface area contributed by atoms with Gasteiger partial charge in [-0.15, -0.1) is 0 Å². The quantitative estimate of drug-likeness (QED) is 0.877. The zero-order chi connectivity index (χ0) is 17.8. The lowest BCUT2D eigenvalue weighted by Gasteiger charge is -2.53. The Morgan fingerprint density at radius 1 is 1.40 bits per heavy atom. The highest BCUT2D eigenvalue weighted by molar-refractivity contribution is 5.76. The number of aromatic hydroxyl groups is 1. The van der Waals surface area contributed by atoms with Crippen molar-refractivity contribution in [2.75, 3.05) is 6.61 Å². The fourth-order valence-electron chi connectivity index (χ4n) is 6.08. The molecule has 5 atom stereocenters. The van der Waals surface area contributed by atoms with Crippen molar-refractivity contribution in [1.82, 2.24) is 5.32 Å². The molecule has 1 aliphatic heterocycles. The van der Waals surface area contributed by atoms with Crippen LogP contribution in [0.25, 0.3) is 0 Å². The van der Waals surface area contributed by atoms with Crippen LogP contribution >= 0.6 is 0 Å². The second-order valence-electron chi connectivity index (χ2n) is 8.79. The van der Waals surface area contributed by atoms with Crippen LogP contribution in [0.2, 0.25) is 0 Å². The average Bonchev–Trinajstić information content (AvgIpc) is 3.07. The topological polar surface area (TPSA) is 58.6 Å². The molecular weight excluding hydrogens is 314 g/mol. The fraction of sp³-hybridized carbons (Fsp3) is 0.667. The van der Waals surface area contributed by atoms with E-state index in [1.54, 1.807) is 6.07 Å². The van der Waals surface area contributed by atoms with Gasteiger partial charge in [0.15, 0.2) is 0 Å². The van der Waals surface area contributed by atoms with E-state index < -0.39 is 0 Å². The Labute approximate surface area is 150 Å². The standard InChI is InChI=1S/C21H29NO3/c1-4-17(24)22-19-20(2,3)14-11-16-18(13-6-5-7-15(23)10-13)25-9-8-21(16,19)12-14/h5-7,10,14,16,18-19,23H,4,8-9,11-12H2,1-3H3,(H,22,24)/t14-,16-,18-,19+,21?/m1/s1. The van der Waals surface area contributed by atoms with E-state index in [2.05, 4.69) is 25.2 Å². The van der Waals surface area contributed by atoms with E-state index >= 15 is 0 Å². The molecule has 2 saturated carbocycles. The van der Waals surface area contributed by atoms with Gasteiger partial charge >= 0.3 is 0 Å². The molecule has 0 radical (unpaired) electrons. The molecule has 1 aromatic carbocycles. The van der Waals surface area contributed by atoms with Gasteiger partial charge in [-0.05, 0) is 59.6 Å². The number of phenols is 1. The fourth-order valence-corrected chi connectivity index (χ4v) is 6.08. The van der Waals surface area contributed by atoms with Crippen LogP contribution in [0.15, 0.2) is 24.3 Å². The van der Waals surface area contributed by atoms with Gasteiger partial charge in [0, 0.05) is 19.1 Å². The lowest BCUT2D eigenvalue weighted by atomic mass is 9.59. The molecule has 136 valence electrons. The predicted molar refractivity (Wildman–Crippen MR) is 96.1 cm³/mol. The summed E-state index contributed by atoms with van der Waals surface area (Å²) in [4.78, 5) is 12.2. The average molecular weight is 343 g/mol. The number of benzene rings is 1. The Morgan fingerprint density at radius 3 is 2.92 bits per heavy atom. The Hall–Kier alpha value is -1.55. The summed E-state index contributed by atoms with van der Waals surface area (Å²) in [5, 5.41) is 13.3. The van der Waals surface area contributed by atoms with Crippen LogP contribution in [-0.4, -0.2) is 23.7 Å². The first-order valence-electron chi connectivity index (χ1n) is 9.58. The van der Waals surface area contributed by atoms with Crippen molar-refractivity contribution in [3.05, 3.63) is 29.8 Å². The summed E-state index contributed by atoms with van der Waals surface area (Å²) in [6.07, 6.45) is 3.89. The highest BCUT2D eigenvalue weighted by atomic mass is 16.5. The predicted octanol–water partition coefficient (Wildman–Crippen LogP) is 3.80. The molecule has 2 bridgehead atoms. The zero-order valence-electron chi connectivity index (χ0n) is 15.4. The Bertz CT molecular complexity index is 685. The number of fused-ring (bicyclic) bond motifs is 1. The summed E-state index contributed by atoms with van der Waals surface area (Å²) >= 11 is 0. The lowest BCUT2D eigenvalue weighted by molar-refractivity contribution is -0.137. The number of hydrogen-bond acceptors (Lipinski definition) is 3. The molecular formula is C21H29NO3. The van der Waals surface area contributed by atoms with Gasteiger partial charge in [-0.1, -0.05) is 32.9 Å². The zero-order valence-corrected chi connectivity index (χ0v) is 15.4. The van der Waals surface area contributed by atoms with Crippen LogP contribution in [0.1, 0.15) is 58.1 Å². The Balaban J connectivity index is 1.70. The third-order valence-corrected chi connectivity index (χ3v) is 7.33. The van der Waals surface area contributed by atoms with E-state index in [0.29, 0.717) is 24.0 Å². The minimum atomic E-state index is 0.0166. The van der Waals surface area contributed by atoms with Crippen LogP contribution in [-0.2, 0) is 9.53 Å². The molecule has 3 fully saturated rings. The molecule has 0 aromatic heterocycles. The van der Waals surface area contributed by atoms with Crippen LogP contribution in [0.3, 0.4) is 0 Å². The number of ether oxygens (including phenoxy) is 1. The second kappa shape index (κ2) is 5.73. The van der Waals surface area contributed by atoms with E-state index in [9.17, 15) is 9.90 Å². The number of amides is 1. The summed E-state index contributed by atoms with van der Waals surface area (Å²) < 4.78 is 6.20. The Morgan fingerprint density at radius 2 is 2.20 bits per heavy atom. The number of nitrogens with one attached hydrogen (secondary N) is 1. The van der Waals surface area contributed by atoms with Gasteiger partial charge in [-0.3, -0.25) is 4.79 Å². The first-order chi connectivity index (χ1) is 11.9. The molecule has 4 heteroatoms. The van der Waals surface area contributed by atoms with Crippen molar-refractivity contribution in [2.24, 2.45) is 22.7 Å². The molecule has 2 aliphatic carbocycles. The van der Waals surface area contributed by atoms with Gasteiger partial charge < -0.3 is 15.2 Å². The van der Waals surface area contributed by atoms with Gasteiger partial charge in [0.2, 0.25) is 5.91 Å². The van der Waals surface area contributed by atoms with Gasteiger partial charge in [-0.2, -0.15) is 0 Å². The van der Waals surface area contributed by atoms with Crippen molar-refractivity contribution in [1.29, 1.82) is 0 Å². The highest BCUT2D eigenvalue weighted by Gasteiger charge is 2.68. The van der Waals surface area contributed by atoms with Crippen LogP contribution in [0.4, 0.5) is 0 Å². The monoisotopic (exact) mass is 343 g/mol. The largest absolute Gasteiger partial charge is 0.508 e. The third kappa shape index (κ3) is 2.41. The first kappa shape index (κ1) is 16.9. The molecule has 3 aliphatic rings. The van der Waals surface area contributed by atoms with Crippen molar-refractivity contribution >= 4 is 5.91 Å². The maximum atomic E-state index is 12.2. The molecule has 25 heavy (non-hydrogen) atoms. The van der Waals surface area contributed by atoms with E-state index in [4.69, 9.17) is 4.74 Å². The molecule has 1 spiro atoms. The summed E-state index contributed by atoms with van der Waals surface area (Å²) in [5.41, 5.74) is 1.31. The highest BCUT2D eigenvalue weighted by Crippen LogP contribution is 2.70. The minimum absolute atomic E-state index is 0.0166. The van der Waals surface area contributed by atoms with E-state index in [1.807, 2.05) is 19.1 Å². The van der Waals surface area contributed by atoms with E-state index in [1.165, 1.54) is 6.42 Å². The van der Waals surface area contributed by atoms with E-state index in [0.717, 1.165) is 25.0 Å². The molecule has 4 rings (SSSR count). The smallest absolute Gasteiger partial charge is 0.219 e. The normalized spacial score (nSPS) is 38.4. The van der Waals surface area contributed by atoms with E-state index in [-0.39, 0.29) is 28.9 Å². The first-order valence-corrected chi connectivity index (χ1v) is 9.58. The maximum Gasteiger partial charge on any atom is 0.219 e. The van der Waals surface area contributed by atoms with Crippen LogP contribution in [0, 0.1) is 22.7 Å². The van der Waals surface area contributed by atoms with Crippen molar-refractivity contribution in [3.63, 3.8) is 0 Å². The molecule has 1 heterocycles. The molecule has 4 nitrogen and oxygen atoms in total. The van der Waals surface area contributed by atoms with Crippen molar-refractivity contribution in [3.8, 4) is 5.75 Å². The van der Waals surface area contributed by atoms with Gasteiger partial charge in [0.1, 0.15) is 5.75 Å². The molecule has 2 N–H and O–H groups in total. The van der Waals surface area contributed by atoms with Gasteiger partial charge in [0.25, 0.3) is 0 Å². The minimum Gasteiger partial charge on any atom is -0.508 e. The Kier molecular flexibility index (Phi) is 3.87. The summed E-state index contributed by atoms with van der Waals surface area (Å²) in [5.74, 6) is 1.46. The lowest BCUT2D eigenvalue weighted by Crippen LogP contribution is -2.58. The number of phenolic OH excluding ortho intramolecular Hbond substituents is 1. The number of rotatable bonds is 3. The van der Waals surface area contributed by atoms with Crippen molar-refractivity contribution in [2.45, 2.75) is 58.6 Å². The summed E-state index contributed by atoms with van der Waals surface area (Å²) in [7, 11) is 0. The molecule has 1 aromatic rings. The van der Waals surface area contributed by atoms with Crippen LogP contribution < -0.4 is 5.32 Å². The maximum absolute atomic E-state index is 12.2. The van der Waals surface area contributed by atoms with Gasteiger partial charge in [-0.25, -0.2) is 0 Å². The third-order valence-electron chi connectivity index (χ3n) is 7.33. The summed E-state index contributed by atoms with van der Waals surface area (Å²) in [6, 6.07) is 7.69. The molecule has 1 unspecified atom stereocenters. The van der Waals surface area contributed by atoms with Crippen molar-refractivity contribution < 1.29 is 14.6 Å². The molecule has 1 amide bonds. The summed E-state index contributed by atoms with van der Waals surface area (Å²) in [6.45, 7) is 7.28. The number of carbonyl (C=O) groups excluding carboxylic acids is 1. The molecule has 1 saturated heterocycles.